The fraction of sp³-hybridized carbons (Fsp3) is 0.458. The van der Waals surface area contributed by atoms with Gasteiger partial charge in [0, 0.05) is 32.2 Å². The molecule has 0 aliphatic heterocycles. The average Bonchev–Trinajstić information content (AvgIpc) is 2.81. The number of anilines is 1. The lowest BCUT2D eigenvalue weighted by Crippen LogP contribution is -2.38. The minimum Gasteiger partial charge on any atom is -0.467 e. The summed E-state index contributed by atoms with van der Waals surface area (Å²) in [6.45, 7) is 5.08. The van der Waals surface area contributed by atoms with Crippen molar-refractivity contribution < 1.29 is 19.1 Å². The number of hydrogen-bond donors (Lipinski definition) is 1. The van der Waals surface area contributed by atoms with Gasteiger partial charge in [-0.2, -0.15) is 0 Å². The van der Waals surface area contributed by atoms with E-state index in [0.29, 0.717) is 25.4 Å². The van der Waals surface area contributed by atoms with Gasteiger partial charge >= 0.3 is 12.0 Å². The van der Waals surface area contributed by atoms with Crippen LogP contribution in [0.4, 0.5) is 10.6 Å². The van der Waals surface area contributed by atoms with Crippen LogP contribution in [-0.4, -0.2) is 50.4 Å². The summed E-state index contributed by atoms with van der Waals surface area (Å²) in [4.78, 5) is 30.4. The smallest absolute Gasteiger partial charge is 0.335 e. The SMILES string of the molecule is CCCCCNC(=O)N(C)c1cccc(-c2ccc(CC(OCC)C(=O)OC)cc2)n1. The molecule has 0 aliphatic carbocycles. The summed E-state index contributed by atoms with van der Waals surface area (Å²) in [7, 11) is 3.07. The van der Waals surface area contributed by atoms with E-state index in [9.17, 15) is 9.59 Å². The lowest BCUT2D eigenvalue weighted by atomic mass is 10.0. The van der Waals surface area contributed by atoms with Crippen LogP contribution in [0.25, 0.3) is 11.3 Å². The second kappa shape index (κ2) is 12.7. The molecule has 0 saturated heterocycles. The Hall–Kier alpha value is -2.93. The summed E-state index contributed by atoms with van der Waals surface area (Å²) in [6.07, 6.45) is 3.00. The highest BCUT2D eigenvalue weighted by molar-refractivity contribution is 5.90. The Morgan fingerprint density at radius 3 is 2.48 bits per heavy atom. The van der Waals surface area contributed by atoms with Gasteiger partial charge in [-0.1, -0.05) is 50.1 Å². The maximum atomic E-state index is 12.4. The van der Waals surface area contributed by atoms with Gasteiger partial charge in [0.1, 0.15) is 5.82 Å². The molecule has 1 unspecified atom stereocenters. The van der Waals surface area contributed by atoms with Crippen molar-refractivity contribution in [2.24, 2.45) is 0 Å². The molecule has 1 aromatic carbocycles. The van der Waals surface area contributed by atoms with Gasteiger partial charge in [0.2, 0.25) is 0 Å². The summed E-state index contributed by atoms with van der Waals surface area (Å²) >= 11 is 0. The van der Waals surface area contributed by atoms with E-state index in [-0.39, 0.29) is 12.0 Å². The number of amides is 2. The molecule has 0 saturated carbocycles. The molecule has 1 atom stereocenters. The van der Waals surface area contributed by atoms with Gasteiger partial charge in [0.05, 0.1) is 12.8 Å². The van der Waals surface area contributed by atoms with E-state index in [1.54, 1.807) is 7.05 Å². The number of hydrogen-bond acceptors (Lipinski definition) is 5. The Bertz CT molecular complexity index is 839. The van der Waals surface area contributed by atoms with Crippen LogP contribution in [0.1, 0.15) is 38.7 Å². The number of ether oxygens (including phenoxy) is 2. The van der Waals surface area contributed by atoms with Crippen molar-refractivity contribution in [3.05, 3.63) is 48.0 Å². The predicted molar refractivity (Wildman–Crippen MR) is 122 cm³/mol. The number of benzene rings is 1. The molecule has 1 N–H and O–H groups in total. The summed E-state index contributed by atoms with van der Waals surface area (Å²) in [5.41, 5.74) is 2.66. The maximum absolute atomic E-state index is 12.4. The average molecular weight is 428 g/mol. The van der Waals surface area contributed by atoms with Crippen LogP contribution < -0.4 is 10.2 Å². The van der Waals surface area contributed by atoms with Crippen molar-refractivity contribution >= 4 is 17.8 Å². The molecule has 0 fully saturated rings. The number of nitrogens with one attached hydrogen (secondary N) is 1. The lowest BCUT2D eigenvalue weighted by Gasteiger charge is -2.18. The topological polar surface area (TPSA) is 80.8 Å². The van der Waals surface area contributed by atoms with E-state index in [1.165, 1.54) is 12.0 Å². The summed E-state index contributed by atoms with van der Waals surface area (Å²) in [5.74, 6) is 0.202. The van der Waals surface area contributed by atoms with Crippen molar-refractivity contribution in [1.82, 2.24) is 10.3 Å². The highest BCUT2D eigenvalue weighted by Crippen LogP contribution is 2.21. The zero-order chi connectivity index (χ0) is 22.6. The maximum Gasteiger partial charge on any atom is 0.335 e. The van der Waals surface area contributed by atoms with Crippen molar-refractivity contribution in [1.29, 1.82) is 0 Å². The van der Waals surface area contributed by atoms with Gasteiger partial charge in [-0.05, 0) is 31.0 Å². The van der Waals surface area contributed by atoms with Crippen LogP contribution in [0.15, 0.2) is 42.5 Å². The van der Waals surface area contributed by atoms with Gasteiger partial charge in [-0.15, -0.1) is 0 Å². The fourth-order valence-electron chi connectivity index (χ4n) is 3.13. The van der Waals surface area contributed by atoms with Crippen LogP contribution in [0.3, 0.4) is 0 Å². The third kappa shape index (κ3) is 7.36. The molecular formula is C24H33N3O4. The van der Waals surface area contributed by atoms with Crippen LogP contribution >= 0.6 is 0 Å². The van der Waals surface area contributed by atoms with E-state index in [4.69, 9.17) is 9.47 Å². The normalized spacial score (nSPS) is 11.6. The first kappa shape index (κ1) is 24.3. The van der Waals surface area contributed by atoms with Gasteiger partial charge < -0.3 is 14.8 Å². The molecule has 7 nitrogen and oxygen atoms in total. The van der Waals surface area contributed by atoms with Crippen molar-refractivity contribution in [3.8, 4) is 11.3 Å². The lowest BCUT2D eigenvalue weighted by molar-refractivity contribution is -0.153. The third-order valence-electron chi connectivity index (χ3n) is 4.94. The minimum absolute atomic E-state index is 0.166. The molecule has 2 rings (SSSR count). The zero-order valence-electron chi connectivity index (χ0n) is 18.9. The largest absolute Gasteiger partial charge is 0.467 e. The third-order valence-corrected chi connectivity index (χ3v) is 4.94. The Labute approximate surface area is 184 Å². The second-order valence-corrected chi connectivity index (χ2v) is 7.25. The molecule has 0 radical (unpaired) electrons. The standard InChI is InChI=1S/C24H33N3O4/c1-5-7-8-16-25-24(29)27(3)22-11-9-10-20(26-22)19-14-12-18(13-15-19)17-21(31-6-2)23(28)30-4/h9-15,21H,5-8,16-17H2,1-4H3,(H,25,29). The number of unbranched alkanes of at least 4 members (excludes halogenated alkanes) is 2. The number of esters is 1. The van der Waals surface area contributed by atoms with E-state index in [2.05, 4.69) is 17.2 Å². The molecule has 1 heterocycles. The molecule has 0 spiro atoms. The molecule has 168 valence electrons. The predicted octanol–water partition coefficient (Wildman–Crippen LogP) is 4.21. The van der Waals surface area contributed by atoms with Gasteiger partial charge in [-0.3, -0.25) is 4.90 Å². The first-order valence-corrected chi connectivity index (χ1v) is 10.8. The number of nitrogens with zero attached hydrogens (tertiary/aromatic N) is 2. The number of pyridine rings is 1. The Balaban J connectivity index is 2.06. The van der Waals surface area contributed by atoms with Crippen LogP contribution in [0.5, 0.6) is 0 Å². The summed E-state index contributed by atoms with van der Waals surface area (Å²) < 4.78 is 10.3. The Kier molecular flexibility index (Phi) is 9.97. The molecule has 2 amide bonds. The quantitative estimate of drug-likeness (QED) is 0.429. The number of aromatic nitrogens is 1. The molecule has 1 aromatic heterocycles. The van der Waals surface area contributed by atoms with Crippen molar-refractivity contribution in [2.45, 2.75) is 45.6 Å². The van der Waals surface area contributed by atoms with E-state index < -0.39 is 6.10 Å². The Morgan fingerprint density at radius 1 is 1.10 bits per heavy atom. The van der Waals surface area contributed by atoms with Crippen LogP contribution in [0.2, 0.25) is 0 Å². The van der Waals surface area contributed by atoms with Gasteiger partial charge in [0.15, 0.2) is 6.10 Å². The number of carbonyl (C=O) groups is 2. The summed E-state index contributed by atoms with van der Waals surface area (Å²) in [6, 6.07) is 13.2. The number of carbonyl (C=O) groups excluding carboxylic acids is 2. The molecule has 7 heteroatoms. The first-order valence-electron chi connectivity index (χ1n) is 10.8. The fourth-order valence-corrected chi connectivity index (χ4v) is 3.13. The van der Waals surface area contributed by atoms with E-state index in [0.717, 1.165) is 36.1 Å². The monoisotopic (exact) mass is 427 g/mol. The minimum atomic E-state index is -0.619. The number of methoxy groups -OCH3 is 1. The van der Waals surface area contributed by atoms with E-state index in [1.807, 2.05) is 49.4 Å². The molecule has 0 bridgehead atoms. The highest BCUT2D eigenvalue weighted by atomic mass is 16.6. The highest BCUT2D eigenvalue weighted by Gasteiger charge is 2.20. The van der Waals surface area contributed by atoms with Crippen molar-refractivity contribution in [2.75, 3.05) is 32.2 Å². The van der Waals surface area contributed by atoms with Crippen molar-refractivity contribution in [3.63, 3.8) is 0 Å². The van der Waals surface area contributed by atoms with Gasteiger partial charge in [-0.25, -0.2) is 14.6 Å². The molecule has 0 aliphatic rings. The number of rotatable bonds is 11. The zero-order valence-corrected chi connectivity index (χ0v) is 18.9. The van der Waals surface area contributed by atoms with Crippen LogP contribution in [-0.2, 0) is 20.7 Å². The van der Waals surface area contributed by atoms with Crippen LogP contribution in [0, 0.1) is 0 Å². The first-order chi connectivity index (χ1) is 15.0. The Morgan fingerprint density at radius 2 is 1.84 bits per heavy atom. The molecule has 2 aromatic rings. The number of urea groups is 1. The molecular weight excluding hydrogens is 394 g/mol. The van der Waals surface area contributed by atoms with Gasteiger partial charge in [0.25, 0.3) is 0 Å². The second-order valence-electron chi connectivity index (χ2n) is 7.25. The summed E-state index contributed by atoms with van der Waals surface area (Å²) in [5, 5.41) is 2.92. The van der Waals surface area contributed by atoms with E-state index >= 15 is 0 Å². The molecule has 31 heavy (non-hydrogen) atoms.